The third-order valence-corrected chi connectivity index (χ3v) is 3.86. The van der Waals surface area contributed by atoms with E-state index in [1.807, 2.05) is 36.4 Å². The van der Waals surface area contributed by atoms with E-state index in [0.717, 1.165) is 17.8 Å². The summed E-state index contributed by atoms with van der Waals surface area (Å²) in [6.45, 7) is 2.10. The average molecular weight is 351 g/mol. The predicted molar refractivity (Wildman–Crippen MR) is 98.3 cm³/mol. The number of anilines is 1. The highest BCUT2D eigenvalue weighted by Crippen LogP contribution is 2.16. The van der Waals surface area contributed by atoms with Gasteiger partial charge in [-0.25, -0.2) is 4.68 Å². The molecule has 0 aliphatic heterocycles. The minimum atomic E-state index is -0.209. The molecule has 2 aromatic carbocycles. The van der Waals surface area contributed by atoms with Gasteiger partial charge in [-0.3, -0.25) is 4.79 Å². The van der Waals surface area contributed by atoms with Crippen molar-refractivity contribution >= 4 is 11.6 Å². The van der Waals surface area contributed by atoms with Crippen LogP contribution in [-0.4, -0.2) is 32.7 Å². The number of hydrogen-bond donors (Lipinski definition) is 1. The number of nitrogens with one attached hydrogen (secondary N) is 1. The molecule has 1 heterocycles. The monoisotopic (exact) mass is 351 g/mol. The van der Waals surface area contributed by atoms with Crippen LogP contribution in [0.15, 0.2) is 54.9 Å². The molecule has 3 aromatic rings. The Labute approximate surface area is 152 Å². The van der Waals surface area contributed by atoms with Crippen LogP contribution in [0.4, 0.5) is 5.69 Å². The number of amides is 1. The minimum absolute atomic E-state index is 0.0728. The van der Waals surface area contributed by atoms with Gasteiger partial charge in [-0.1, -0.05) is 31.5 Å². The van der Waals surface area contributed by atoms with Gasteiger partial charge in [0, 0.05) is 11.8 Å². The van der Waals surface area contributed by atoms with Gasteiger partial charge in [0.25, 0.3) is 5.91 Å². The highest BCUT2D eigenvalue weighted by atomic mass is 16.5. The molecule has 0 aliphatic rings. The zero-order chi connectivity index (χ0) is 18.2. The first-order valence-corrected chi connectivity index (χ1v) is 8.59. The summed E-state index contributed by atoms with van der Waals surface area (Å²) in [5.41, 5.74) is 2.80. The smallest absolute Gasteiger partial charge is 0.262 e. The summed E-state index contributed by atoms with van der Waals surface area (Å²) < 4.78 is 7.08. The third-order valence-electron chi connectivity index (χ3n) is 3.86. The van der Waals surface area contributed by atoms with Crippen molar-refractivity contribution < 1.29 is 9.53 Å². The number of rotatable bonds is 8. The molecule has 3 rings (SSSR count). The quantitative estimate of drug-likeness (QED) is 0.674. The molecule has 7 heteroatoms. The van der Waals surface area contributed by atoms with Gasteiger partial charge in [0.2, 0.25) is 0 Å². The van der Waals surface area contributed by atoms with Crippen molar-refractivity contribution in [2.75, 3.05) is 11.9 Å². The SMILES string of the molecule is CCCCc1ccc(NC(=O)COc2cccc(-n3cnnn3)c2)cc1. The van der Waals surface area contributed by atoms with Crippen LogP contribution >= 0.6 is 0 Å². The van der Waals surface area contributed by atoms with E-state index in [1.54, 1.807) is 12.1 Å². The van der Waals surface area contributed by atoms with E-state index in [0.29, 0.717) is 5.75 Å². The first-order chi connectivity index (χ1) is 12.7. The Morgan fingerprint density at radius 1 is 1.19 bits per heavy atom. The first kappa shape index (κ1) is 17.6. The van der Waals surface area contributed by atoms with Gasteiger partial charge in [-0.2, -0.15) is 0 Å². The summed E-state index contributed by atoms with van der Waals surface area (Å²) in [5, 5.41) is 13.9. The normalized spacial score (nSPS) is 10.5. The van der Waals surface area contributed by atoms with E-state index in [4.69, 9.17) is 4.74 Å². The Hall–Kier alpha value is -3.22. The van der Waals surface area contributed by atoms with Crippen molar-refractivity contribution in [3.63, 3.8) is 0 Å². The van der Waals surface area contributed by atoms with Crippen LogP contribution < -0.4 is 10.1 Å². The Morgan fingerprint density at radius 2 is 2.04 bits per heavy atom. The number of ether oxygens (including phenoxy) is 1. The highest BCUT2D eigenvalue weighted by Gasteiger charge is 2.06. The van der Waals surface area contributed by atoms with Crippen LogP contribution in [0.1, 0.15) is 25.3 Å². The van der Waals surface area contributed by atoms with Gasteiger partial charge in [0.15, 0.2) is 6.61 Å². The molecule has 0 saturated carbocycles. The standard InChI is InChI=1S/C19H21N5O2/c1-2-3-5-15-8-10-16(11-9-15)21-19(25)13-26-18-7-4-6-17(12-18)24-14-20-22-23-24/h4,6-12,14H,2-3,5,13H2,1H3,(H,21,25). The molecule has 0 bridgehead atoms. The molecule has 7 nitrogen and oxygen atoms in total. The van der Waals surface area contributed by atoms with Gasteiger partial charge in [-0.05, 0) is 53.1 Å². The first-order valence-electron chi connectivity index (χ1n) is 8.59. The van der Waals surface area contributed by atoms with Gasteiger partial charge in [0.1, 0.15) is 12.1 Å². The van der Waals surface area contributed by atoms with E-state index in [9.17, 15) is 4.79 Å². The number of unbranched alkanes of at least 4 members (excludes halogenated alkanes) is 1. The number of hydrogen-bond acceptors (Lipinski definition) is 5. The zero-order valence-corrected chi connectivity index (χ0v) is 14.6. The molecular formula is C19H21N5O2. The lowest BCUT2D eigenvalue weighted by Gasteiger charge is -2.09. The van der Waals surface area contributed by atoms with Crippen LogP contribution in [-0.2, 0) is 11.2 Å². The molecule has 1 amide bonds. The maximum atomic E-state index is 12.1. The van der Waals surface area contributed by atoms with E-state index < -0.39 is 0 Å². The highest BCUT2D eigenvalue weighted by molar-refractivity contribution is 5.91. The number of carbonyl (C=O) groups is 1. The maximum Gasteiger partial charge on any atom is 0.262 e. The lowest BCUT2D eigenvalue weighted by atomic mass is 10.1. The molecule has 0 saturated heterocycles. The van der Waals surface area contributed by atoms with Crippen molar-refractivity contribution in [1.82, 2.24) is 20.2 Å². The number of aryl methyl sites for hydroxylation is 1. The summed E-state index contributed by atoms with van der Waals surface area (Å²) in [6, 6.07) is 15.1. The fraction of sp³-hybridized carbons (Fsp3) is 0.263. The fourth-order valence-corrected chi connectivity index (χ4v) is 2.48. The number of aromatic nitrogens is 4. The van der Waals surface area contributed by atoms with E-state index in [1.165, 1.54) is 29.4 Å². The minimum Gasteiger partial charge on any atom is -0.484 e. The fourth-order valence-electron chi connectivity index (χ4n) is 2.48. The lowest BCUT2D eigenvalue weighted by molar-refractivity contribution is -0.118. The molecule has 26 heavy (non-hydrogen) atoms. The molecule has 0 spiro atoms. The number of benzene rings is 2. The number of tetrazole rings is 1. The number of carbonyl (C=O) groups excluding carboxylic acids is 1. The Bertz CT molecular complexity index is 831. The summed E-state index contributed by atoms with van der Waals surface area (Å²) in [5.74, 6) is 0.363. The molecule has 1 aromatic heterocycles. The average Bonchev–Trinajstić information content (AvgIpc) is 3.21. The van der Waals surface area contributed by atoms with Gasteiger partial charge < -0.3 is 10.1 Å². The molecular weight excluding hydrogens is 330 g/mol. The Kier molecular flexibility index (Phi) is 5.92. The van der Waals surface area contributed by atoms with Crippen LogP contribution in [0.2, 0.25) is 0 Å². The van der Waals surface area contributed by atoms with E-state index in [2.05, 4.69) is 27.8 Å². The van der Waals surface area contributed by atoms with Crippen molar-refractivity contribution in [3.8, 4) is 11.4 Å². The summed E-state index contributed by atoms with van der Waals surface area (Å²) in [4.78, 5) is 12.1. The second kappa shape index (κ2) is 8.75. The molecule has 1 N–H and O–H groups in total. The molecule has 0 radical (unpaired) electrons. The largest absolute Gasteiger partial charge is 0.484 e. The molecule has 0 fully saturated rings. The second-order valence-corrected chi connectivity index (χ2v) is 5.89. The van der Waals surface area contributed by atoms with Gasteiger partial charge in [0.05, 0.1) is 5.69 Å². The van der Waals surface area contributed by atoms with Crippen LogP contribution in [0.25, 0.3) is 5.69 Å². The van der Waals surface area contributed by atoms with Crippen molar-refractivity contribution in [2.24, 2.45) is 0 Å². The molecule has 0 aliphatic carbocycles. The Morgan fingerprint density at radius 3 is 2.77 bits per heavy atom. The lowest BCUT2D eigenvalue weighted by Crippen LogP contribution is -2.20. The summed E-state index contributed by atoms with van der Waals surface area (Å²) in [6.07, 6.45) is 4.90. The van der Waals surface area contributed by atoms with Crippen LogP contribution in [0, 0.1) is 0 Å². The second-order valence-electron chi connectivity index (χ2n) is 5.89. The Balaban J connectivity index is 1.52. The topological polar surface area (TPSA) is 81.9 Å². The molecule has 0 atom stereocenters. The van der Waals surface area contributed by atoms with E-state index in [-0.39, 0.29) is 12.5 Å². The van der Waals surface area contributed by atoms with E-state index >= 15 is 0 Å². The van der Waals surface area contributed by atoms with Gasteiger partial charge in [-0.15, -0.1) is 5.10 Å². The van der Waals surface area contributed by atoms with Crippen LogP contribution in [0.3, 0.4) is 0 Å². The maximum absolute atomic E-state index is 12.1. The van der Waals surface area contributed by atoms with Crippen molar-refractivity contribution in [2.45, 2.75) is 26.2 Å². The number of nitrogens with zero attached hydrogens (tertiary/aromatic N) is 4. The zero-order valence-electron chi connectivity index (χ0n) is 14.6. The van der Waals surface area contributed by atoms with Crippen molar-refractivity contribution in [1.29, 1.82) is 0 Å². The van der Waals surface area contributed by atoms with Crippen LogP contribution in [0.5, 0.6) is 5.75 Å². The molecule has 0 unspecified atom stereocenters. The van der Waals surface area contributed by atoms with Gasteiger partial charge >= 0.3 is 0 Å². The summed E-state index contributed by atoms with van der Waals surface area (Å²) >= 11 is 0. The predicted octanol–water partition coefficient (Wildman–Crippen LogP) is 3.02. The summed E-state index contributed by atoms with van der Waals surface area (Å²) in [7, 11) is 0. The van der Waals surface area contributed by atoms with Crippen molar-refractivity contribution in [3.05, 3.63) is 60.4 Å². The third kappa shape index (κ3) is 4.89. The molecule has 134 valence electrons.